The lowest BCUT2D eigenvalue weighted by atomic mass is 10.0. The standard InChI is InChI=1S/C19H20O4/c1-21-16-9-7-15(8-10-16)19(20)18-13-22-12-17(23-18)11-14-5-3-2-4-6-14/h2-3,5,7-10,12-13,19-20H,4,6,11H2,1H3. The van der Waals surface area contributed by atoms with E-state index in [0.717, 1.165) is 24.2 Å². The maximum atomic E-state index is 10.5. The van der Waals surface area contributed by atoms with Gasteiger partial charge in [0.05, 0.1) is 7.11 Å². The minimum Gasteiger partial charge on any atom is -0.497 e. The van der Waals surface area contributed by atoms with Crippen LogP contribution in [0.5, 0.6) is 5.75 Å². The quantitative estimate of drug-likeness (QED) is 0.888. The molecular weight excluding hydrogens is 292 g/mol. The molecule has 3 rings (SSSR count). The summed E-state index contributed by atoms with van der Waals surface area (Å²) in [6, 6.07) is 7.22. The van der Waals surface area contributed by atoms with Crippen LogP contribution in [0.2, 0.25) is 0 Å². The molecule has 4 nitrogen and oxygen atoms in total. The van der Waals surface area contributed by atoms with Crippen molar-refractivity contribution in [2.45, 2.75) is 25.4 Å². The van der Waals surface area contributed by atoms with Gasteiger partial charge in [-0.05, 0) is 30.5 Å². The predicted molar refractivity (Wildman–Crippen MR) is 87.4 cm³/mol. The first-order valence-corrected chi connectivity index (χ1v) is 7.65. The first kappa shape index (κ1) is 15.4. The van der Waals surface area contributed by atoms with E-state index in [2.05, 4.69) is 18.2 Å². The second-order valence-corrected chi connectivity index (χ2v) is 5.49. The Morgan fingerprint density at radius 2 is 2.04 bits per heavy atom. The van der Waals surface area contributed by atoms with Crippen LogP contribution >= 0.6 is 0 Å². The fourth-order valence-electron chi connectivity index (χ4n) is 2.55. The second kappa shape index (κ2) is 7.20. The second-order valence-electron chi connectivity index (χ2n) is 5.49. The molecule has 1 N–H and O–H groups in total. The summed E-state index contributed by atoms with van der Waals surface area (Å²) in [5.74, 6) is 1.84. The number of ether oxygens (including phenoxy) is 3. The number of aliphatic hydroxyl groups is 1. The van der Waals surface area contributed by atoms with Gasteiger partial charge in [0, 0.05) is 6.42 Å². The first-order chi connectivity index (χ1) is 11.3. The Labute approximate surface area is 136 Å². The number of allylic oxidation sites excluding steroid dienone is 4. The van der Waals surface area contributed by atoms with Crippen molar-refractivity contribution in [2.75, 3.05) is 7.11 Å². The van der Waals surface area contributed by atoms with Gasteiger partial charge in [0.25, 0.3) is 0 Å². The van der Waals surface area contributed by atoms with E-state index in [1.807, 2.05) is 0 Å². The van der Waals surface area contributed by atoms with Crippen LogP contribution in [0.4, 0.5) is 0 Å². The molecule has 23 heavy (non-hydrogen) atoms. The Hall–Kier alpha value is -2.46. The molecule has 120 valence electrons. The van der Waals surface area contributed by atoms with E-state index >= 15 is 0 Å². The van der Waals surface area contributed by atoms with Gasteiger partial charge >= 0.3 is 0 Å². The maximum absolute atomic E-state index is 10.5. The summed E-state index contributed by atoms with van der Waals surface area (Å²) in [5, 5.41) is 10.5. The van der Waals surface area contributed by atoms with Gasteiger partial charge in [-0.3, -0.25) is 0 Å². The minimum absolute atomic E-state index is 0.389. The van der Waals surface area contributed by atoms with Crippen LogP contribution < -0.4 is 4.74 Å². The molecule has 0 fully saturated rings. The smallest absolute Gasteiger partial charge is 0.172 e. The van der Waals surface area contributed by atoms with E-state index in [9.17, 15) is 5.11 Å². The third-order valence-corrected chi connectivity index (χ3v) is 3.84. The molecule has 0 bridgehead atoms. The molecule has 1 heterocycles. The molecule has 0 saturated carbocycles. The van der Waals surface area contributed by atoms with Gasteiger partial charge in [0.1, 0.15) is 30.1 Å². The lowest BCUT2D eigenvalue weighted by Crippen LogP contribution is -2.09. The molecule has 0 saturated heterocycles. The Kier molecular flexibility index (Phi) is 4.83. The zero-order chi connectivity index (χ0) is 16.1. The van der Waals surface area contributed by atoms with Crippen molar-refractivity contribution in [2.24, 2.45) is 0 Å². The monoisotopic (exact) mass is 312 g/mol. The molecule has 1 aromatic carbocycles. The van der Waals surface area contributed by atoms with E-state index in [1.165, 1.54) is 11.8 Å². The van der Waals surface area contributed by atoms with Gasteiger partial charge in [0.15, 0.2) is 5.76 Å². The average Bonchev–Trinajstić information content (AvgIpc) is 2.62. The molecule has 0 aromatic heterocycles. The Balaban J connectivity index is 1.65. The fourth-order valence-corrected chi connectivity index (χ4v) is 2.55. The summed E-state index contributed by atoms with van der Waals surface area (Å²) in [6.45, 7) is 0. The van der Waals surface area contributed by atoms with E-state index in [1.54, 1.807) is 37.6 Å². The molecule has 1 unspecified atom stereocenters. The van der Waals surface area contributed by atoms with Gasteiger partial charge in [-0.25, -0.2) is 0 Å². The Bertz CT molecular complexity index is 665. The topological polar surface area (TPSA) is 47.9 Å². The molecule has 1 atom stereocenters. The summed E-state index contributed by atoms with van der Waals surface area (Å²) in [4.78, 5) is 0. The number of rotatable bonds is 5. The molecule has 0 spiro atoms. The number of hydrogen-bond acceptors (Lipinski definition) is 4. The van der Waals surface area contributed by atoms with Crippen molar-refractivity contribution in [3.63, 3.8) is 0 Å². The van der Waals surface area contributed by atoms with Gasteiger partial charge < -0.3 is 19.3 Å². The zero-order valence-corrected chi connectivity index (χ0v) is 13.1. The van der Waals surface area contributed by atoms with Gasteiger partial charge in [-0.2, -0.15) is 0 Å². The van der Waals surface area contributed by atoms with Crippen molar-refractivity contribution in [1.29, 1.82) is 0 Å². The highest BCUT2D eigenvalue weighted by atomic mass is 16.6. The van der Waals surface area contributed by atoms with Crippen molar-refractivity contribution in [3.05, 3.63) is 77.7 Å². The molecule has 1 aliphatic heterocycles. The van der Waals surface area contributed by atoms with Crippen LogP contribution in [0.1, 0.15) is 30.9 Å². The number of methoxy groups -OCH3 is 1. The zero-order valence-electron chi connectivity index (χ0n) is 13.1. The van der Waals surface area contributed by atoms with Gasteiger partial charge in [-0.15, -0.1) is 0 Å². The molecule has 0 amide bonds. The normalized spacial score (nSPS) is 18.1. The first-order valence-electron chi connectivity index (χ1n) is 7.65. The average molecular weight is 312 g/mol. The van der Waals surface area contributed by atoms with Crippen LogP contribution in [-0.4, -0.2) is 12.2 Å². The lowest BCUT2D eigenvalue weighted by molar-refractivity contribution is 0.107. The van der Waals surface area contributed by atoms with Crippen LogP contribution in [0, 0.1) is 0 Å². The summed E-state index contributed by atoms with van der Waals surface area (Å²) < 4.78 is 16.3. The van der Waals surface area contributed by atoms with Crippen LogP contribution in [0.15, 0.2) is 72.1 Å². The van der Waals surface area contributed by atoms with Crippen LogP contribution in [0.3, 0.4) is 0 Å². The maximum Gasteiger partial charge on any atom is 0.172 e. The summed E-state index contributed by atoms with van der Waals surface area (Å²) in [6.07, 6.45) is 11.2. The minimum atomic E-state index is -0.871. The third kappa shape index (κ3) is 3.85. The molecule has 1 aromatic rings. The predicted octanol–water partition coefficient (Wildman–Crippen LogP) is 4.12. The number of benzene rings is 1. The SMILES string of the molecule is COc1ccc(C(O)C2=COC=C(CC3=CC=CCC3)O2)cc1. The van der Waals surface area contributed by atoms with Crippen molar-refractivity contribution >= 4 is 0 Å². The van der Waals surface area contributed by atoms with Crippen LogP contribution in [0.25, 0.3) is 0 Å². The molecule has 0 radical (unpaired) electrons. The van der Waals surface area contributed by atoms with E-state index in [-0.39, 0.29) is 0 Å². The van der Waals surface area contributed by atoms with Crippen molar-refractivity contribution < 1.29 is 19.3 Å². The van der Waals surface area contributed by atoms with Gasteiger partial charge in [-0.1, -0.05) is 35.9 Å². The highest BCUT2D eigenvalue weighted by molar-refractivity contribution is 5.32. The van der Waals surface area contributed by atoms with E-state index < -0.39 is 6.10 Å². The number of hydrogen-bond donors (Lipinski definition) is 1. The highest BCUT2D eigenvalue weighted by Crippen LogP contribution is 2.31. The van der Waals surface area contributed by atoms with Crippen molar-refractivity contribution in [1.82, 2.24) is 0 Å². The van der Waals surface area contributed by atoms with E-state index in [0.29, 0.717) is 17.9 Å². The molecule has 2 aliphatic rings. The largest absolute Gasteiger partial charge is 0.497 e. The molecule has 1 aliphatic carbocycles. The highest BCUT2D eigenvalue weighted by Gasteiger charge is 2.21. The third-order valence-electron chi connectivity index (χ3n) is 3.84. The fraction of sp³-hybridized carbons (Fsp3) is 0.263. The number of aliphatic hydroxyl groups excluding tert-OH is 1. The van der Waals surface area contributed by atoms with Crippen LogP contribution in [-0.2, 0) is 9.47 Å². The lowest BCUT2D eigenvalue weighted by Gasteiger charge is -2.21. The summed E-state index contributed by atoms with van der Waals surface area (Å²) in [7, 11) is 1.61. The Morgan fingerprint density at radius 3 is 2.74 bits per heavy atom. The van der Waals surface area contributed by atoms with E-state index in [4.69, 9.17) is 14.2 Å². The summed E-state index contributed by atoms with van der Waals surface area (Å²) >= 11 is 0. The van der Waals surface area contributed by atoms with Crippen molar-refractivity contribution in [3.8, 4) is 5.75 Å². The molecule has 4 heteroatoms. The summed E-state index contributed by atoms with van der Waals surface area (Å²) in [5.41, 5.74) is 2.02. The molecular formula is C19H20O4. The van der Waals surface area contributed by atoms with Gasteiger partial charge in [0.2, 0.25) is 0 Å². The Morgan fingerprint density at radius 1 is 1.22 bits per heavy atom.